The van der Waals surface area contributed by atoms with Gasteiger partial charge in [0.25, 0.3) is 0 Å². The molecule has 1 amide bonds. The quantitative estimate of drug-likeness (QED) is 0.763. The molecule has 0 unspecified atom stereocenters. The van der Waals surface area contributed by atoms with Crippen molar-refractivity contribution >= 4 is 11.6 Å². The molecule has 8 heteroatoms. The minimum atomic E-state index is -4.32. The van der Waals surface area contributed by atoms with Gasteiger partial charge in [-0.05, 0) is 31.0 Å². The number of ether oxygens (including phenoxy) is 1. The molecular formula is C20H28F3N3O2. The van der Waals surface area contributed by atoms with Crippen molar-refractivity contribution in [3.63, 3.8) is 0 Å². The number of hydrogen-bond acceptors (Lipinski definition) is 4. The van der Waals surface area contributed by atoms with Gasteiger partial charge in [0.1, 0.15) is 0 Å². The smallest absolute Gasteiger partial charge is 0.384 e. The lowest BCUT2D eigenvalue weighted by atomic mass is 10.0. The Morgan fingerprint density at radius 3 is 2.61 bits per heavy atom. The Balaban J connectivity index is 1.54. The molecule has 1 aromatic carbocycles. The van der Waals surface area contributed by atoms with Crippen molar-refractivity contribution in [1.82, 2.24) is 9.80 Å². The summed E-state index contributed by atoms with van der Waals surface area (Å²) in [6.45, 7) is 4.93. The molecule has 1 atom stereocenters. The topological polar surface area (TPSA) is 36.0 Å². The number of alkyl halides is 3. The summed E-state index contributed by atoms with van der Waals surface area (Å²) in [6, 6.07) is 5.87. The van der Waals surface area contributed by atoms with E-state index in [1.807, 2.05) is 9.80 Å². The van der Waals surface area contributed by atoms with Crippen molar-refractivity contribution in [1.29, 1.82) is 0 Å². The van der Waals surface area contributed by atoms with Crippen molar-refractivity contribution in [2.45, 2.75) is 31.5 Å². The number of piperidine rings is 1. The van der Waals surface area contributed by atoms with E-state index >= 15 is 0 Å². The number of carbonyl (C=O) groups excluding carboxylic acids is 1. The van der Waals surface area contributed by atoms with E-state index < -0.39 is 11.7 Å². The van der Waals surface area contributed by atoms with Gasteiger partial charge in [-0.2, -0.15) is 13.2 Å². The third-order valence-electron chi connectivity index (χ3n) is 5.64. The molecule has 2 fully saturated rings. The molecule has 5 nitrogen and oxygen atoms in total. The van der Waals surface area contributed by atoms with Crippen LogP contribution in [0.2, 0.25) is 0 Å². The summed E-state index contributed by atoms with van der Waals surface area (Å²) in [6.07, 6.45) is -1.87. The van der Waals surface area contributed by atoms with Gasteiger partial charge in [0, 0.05) is 58.1 Å². The maximum atomic E-state index is 13.0. The number of methoxy groups -OCH3 is 1. The highest BCUT2D eigenvalue weighted by molar-refractivity contribution is 5.76. The zero-order valence-electron chi connectivity index (χ0n) is 16.2. The van der Waals surface area contributed by atoms with E-state index in [2.05, 4.69) is 4.90 Å². The van der Waals surface area contributed by atoms with E-state index in [1.54, 1.807) is 13.2 Å². The van der Waals surface area contributed by atoms with Crippen LogP contribution in [0.3, 0.4) is 0 Å². The van der Waals surface area contributed by atoms with E-state index in [-0.39, 0.29) is 5.91 Å². The third-order valence-corrected chi connectivity index (χ3v) is 5.64. The third kappa shape index (κ3) is 5.17. The van der Waals surface area contributed by atoms with E-state index in [9.17, 15) is 18.0 Å². The molecule has 28 heavy (non-hydrogen) atoms. The van der Waals surface area contributed by atoms with Crippen molar-refractivity contribution in [3.8, 4) is 0 Å². The van der Waals surface area contributed by atoms with E-state index in [1.165, 1.54) is 12.1 Å². The Morgan fingerprint density at radius 1 is 1.18 bits per heavy atom. The van der Waals surface area contributed by atoms with Gasteiger partial charge >= 0.3 is 6.18 Å². The lowest BCUT2D eigenvalue weighted by Crippen LogP contribution is -2.56. The van der Waals surface area contributed by atoms with Crippen LogP contribution in [0.1, 0.15) is 24.8 Å². The van der Waals surface area contributed by atoms with Crippen molar-refractivity contribution < 1.29 is 22.7 Å². The second kappa shape index (κ2) is 9.13. The van der Waals surface area contributed by atoms with Gasteiger partial charge in [-0.1, -0.05) is 6.07 Å². The first-order chi connectivity index (χ1) is 13.4. The molecule has 0 aliphatic carbocycles. The molecule has 1 aromatic rings. The van der Waals surface area contributed by atoms with Crippen LogP contribution in [-0.2, 0) is 15.7 Å². The number of benzene rings is 1. The summed E-state index contributed by atoms with van der Waals surface area (Å²) in [5.74, 6) is 0.133. The van der Waals surface area contributed by atoms with Gasteiger partial charge in [-0.3, -0.25) is 9.69 Å². The summed E-state index contributed by atoms with van der Waals surface area (Å²) in [5, 5.41) is 0. The van der Waals surface area contributed by atoms with E-state index in [0.29, 0.717) is 37.8 Å². The molecule has 3 rings (SSSR count). The van der Waals surface area contributed by atoms with Crippen molar-refractivity contribution in [2.24, 2.45) is 0 Å². The second-order valence-electron chi connectivity index (χ2n) is 7.45. The molecule has 0 N–H and O–H groups in total. The van der Waals surface area contributed by atoms with Crippen LogP contribution in [0.4, 0.5) is 18.9 Å². The zero-order valence-corrected chi connectivity index (χ0v) is 16.2. The number of likely N-dealkylation sites (tertiary alicyclic amines) is 1. The number of halogens is 3. The Kier molecular flexibility index (Phi) is 6.82. The van der Waals surface area contributed by atoms with Gasteiger partial charge in [0.2, 0.25) is 5.91 Å². The molecule has 0 bridgehead atoms. The number of rotatable bonds is 5. The molecule has 2 saturated heterocycles. The van der Waals surface area contributed by atoms with Crippen LogP contribution >= 0.6 is 0 Å². The monoisotopic (exact) mass is 399 g/mol. The van der Waals surface area contributed by atoms with E-state index in [0.717, 1.165) is 45.1 Å². The molecule has 0 spiro atoms. The number of piperazine rings is 1. The molecule has 0 aromatic heterocycles. The zero-order chi connectivity index (χ0) is 20.1. The first-order valence-corrected chi connectivity index (χ1v) is 9.81. The fourth-order valence-corrected chi connectivity index (χ4v) is 4.05. The van der Waals surface area contributed by atoms with Gasteiger partial charge in [0.05, 0.1) is 18.6 Å². The van der Waals surface area contributed by atoms with Gasteiger partial charge in [-0.15, -0.1) is 0 Å². The standard InChI is InChI=1S/C20H28F3N3O2/c1-28-13-7-19(27)26-8-3-6-18(15-26)25-11-9-24(10-12-25)17-5-2-4-16(14-17)20(21,22)23/h2,4-5,14,18H,3,6-13,15H2,1H3/t18-/m1/s1. The van der Waals surface area contributed by atoms with Gasteiger partial charge in [-0.25, -0.2) is 0 Å². The predicted octanol–water partition coefficient (Wildman–Crippen LogP) is 2.85. The number of hydrogen-bond donors (Lipinski definition) is 0. The summed E-state index contributed by atoms with van der Waals surface area (Å²) in [4.78, 5) is 18.6. The van der Waals surface area contributed by atoms with E-state index in [4.69, 9.17) is 4.74 Å². The van der Waals surface area contributed by atoms with Gasteiger partial charge < -0.3 is 14.5 Å². The molecule has 2 aliphatic rings. The minimum Gasteiger partial charge on any atom is -0.384 e. The van der Waals surface area contributed by atoms with Crippen LogP contribution in [0, 0.1) is 0 Å². The van der Waals surface area contributed by atoms with Crippen LogP contribution in [-0.4, -0.2) is 74.7 Å². The summed E-state index contributed by atoms with van der Waals surface area (Å²) in [5.41, 5.74) is 0.0133. The average molecular weight is 399 g/mol. The molecule has 0 radical (unpaired) electrons. The Hall–Kier alpha value is -1.80. The lowest BCUT2D eigenvalue weighted by Gasteiger charge is -2.44. The summed E-state index contributed by atoms with van der Waals surface area (Å²) < 4.78 is 43.9. The highest BCUT2D eigenvalue weighted by Gasteiger charge is 2.32. The number of carbonyl (C=O) groups is 1. The fourth-order valence-electron chi connectivity index (χ4n) is 4.05. The maximum Gasteiger partial charge on any atom is 0.416 e. The Bertz CT molecular complexity index is 660. The highest BCUT2D eigenvalue weighted by atomic mass is 19.4. The fraction of sp³-hybridized carbons (Fsp3) is 0.650. The van der Waals surface area contributed by atoms with Crippen LogP contribution < -0.4 is 4.90 Å². The summed E-state index contributed by atoms with van der Waals surface area (Å²) >= 11 is 0. The molecule has 0 saturated carbocycles. The first-order valence-electron chi connectivity index (χ1n) is 9.81. The molecule has 156 valence electrons. The predicted molar refractivity (Wildman–Crippen MR) is 101 cm³/mol. The Morgan fingerprint density at radius 2 is 1.93 bits per heavy atom. The SMILES string of the molecule is COCCC(=O)N1CCC[C@@H](N2CCN(c3cccc(C(F)(F)F)c3)CC2)C1. The number of anilines is 1. The summed E-state index contributed by atoms with van der Waals surface area (Å²) in [7, 11) is 1.59. The average Bonchev–Trinajstić information content (AvgIpc) is 2.71. The normalized spacial score (nSPS) is 21.8. The molecule has 2 heterocycles. The van der Waals surface area contributed by atoms with Crippen LogP contribution in [0.25, 0.3) is 0 Å². The Labute approximate surface area is 164 Å². The maximum absolute atomic E-state index is 13.0. The largest absolute Gasteiger partial charge is 0.416 e. The minimum absolute atomic E-state index is 0.133. The number of amides is 1. The van der Waals surface area contributed by atoms with Crippen molar-refractivity contribution in [2.75, 3.05) is 57.9 Å². The van der Waals surface area contributed by atoms with Crippen LogP contribution in [0.15, 0.2) is 24.3 Å². The molecule has 2 aliphatic heterocycles. The number of nitrogens with zero attached hydrogens (tertiary/aromatic N) is 3. The van der Waals surface area contributed by atoms with Crippen LogP contribution in [0.5, 0.6) is 0 Å². The second-order valence-corrected chi connectivity index (χ2v) is 7.45. The lowest BCUT2D eigenvalue weighted by molar-refractivity contribution is -0.137. The van der Waals surface area contributed by atoms with Gasteiger partial charge in [0.15, 0.2) is 0 Å². The first kappa shape index (κ1) is 20.9. The van der Waals surface area contributed by atoms with Crippen molar-refractivity contribution in [3.05, 3.63) is 29.8 Å². The molecular weight excluding hydrogens is 371 g/mol. The highest BCUT2D eigenvalue weighted by Crippen LogP contribution is 2.32.